The quantitative estimate of drug-likeness (QED) is 0.909. The van der Waals surface area contributed by atoms with Crippen LogP contribution < -0.4 is 4.74 Å². The van der Waals surface area contributed by atoms with E-state index in [0.717, 1.165) is 25.7 Å². The molecule has 120 valence electrons. The zero-order valence-corrected chi connectivity index (χ0v) is 13.8. The molecule has 22 heavy (non-hydrogen) atoms. The molecule has 4 nitrogen and oxygen atoms in total. The van der Waals surface area contributed by atoms with Crippen LogP contribution in [0.25, 0.3) is 0 Å². The van der Waals surface area contributed by atoms with Crippen molar-refractivity contribution in [2.24, 2.45) is 5.41 Å². The molecule has 1 heterocycles. The highest BCUT2D eigenvalue weighted by molar-refractivity contribution is 6.30. The molecule has 1 aliphatic carbocycles. The van der Waals surface area contributed by atoms with Crippen LogP contribution in [0.15, 0.2) is 18.2 Å². The molecule has 1 aromatic carbocycles. The van der Waals surface area contributed by atoms with E-state index in [1.807, 2.05) is 11.8 Å². The van der Waals surface area contributed by atoms with Crippen LogP contribution in [0.3, 0.4) is 0 Å². The molecular formula is C17H22ClNO3. The Bertz CT molecular complexity index is 592. The molecule has 0 radical (unpaired) electrons. The van der Waals surface area contributed by atoms with Crippen LogP contribution in [0.4, 0.5) is 0 Å². The van der Waals surface area contributed by atoms with Crippen LogP contribution in [0.1, 0.15) is 43.0 Å². The number of benzene rings is 1. The fraction of sp³-hybridized carbons (Fsp3) is 0.588. The smallest absolute Gasteiger partial charge is 0.257 e. The van der Waals surface area contributed by atoms with Gasteiger partial charge in [-0.1, -0.05) is 11.6 Å². The fourth-order valence-electron chi connectivity index (χ4n) is 3.78. The number of ether oxygens (including phenoxy) is 1. The van der Waals surface area contributed by atoms with E-state index >= 15 is 0 Å². The predicted octanol–water partition coefficient (Wildman–Crippen LogP) is 3.12. The fourth-order valence-corrected chi connectivity index (χ4v) is 3.94. The van der Waals surface area contributed by atoms with Gasteiger partial charge in [-0.05, 0) is 50.8 Å². The zero-order chi connectivity index (χ0) is 16.0. The van der Waals surface area contributed by atoms with Gasteiger partial charge in [-0.3, -0.25) is 4.79 Å². The Kier molecular flexibility index (Phi) is 3.86. The number of carbonyl (C=O) groups excluding carboxylic acids is 1. The van der Waals surface area contributed by atoms with Gasteiger partial charge in [0.25, 0.3) is 5.91 Å². The van der Waals surface area contributed by atoms with Gasteiger partial charge in [-0.15, -0.1) is 0 Å². The molecule has 2 fully saturated rings. The lowest BCUT2D eigenvalue weighted by molar-refractivity contribution is -0.174. The average molecular weight is 324 g/mol. The summed E-state index contributed by atoms with van der Waals surface area (Å²) >= 11 is 5.95. The third kappa shape index (κ3) is 2.38. The summed E-state index contributed by atoms with van der Waals surface area (Å²) in [6, 6.07) is 5.09. The highest BCUT2D eigenvalue weighted by Crippen LogP contribution is 2.56. The molecule has 1 atom stereocenters. The number of amides is 1. The number of piperidine rings is 1. The minimum Gasteiger partial charge on any atom is -0.496 e. The van der Waals surface area contributed by atoms with Crippen LogP contribution in [0.5, 0.6) is 5.75 Å². The maximum atomic E-state index is 12.7. The molecule has 1 saturated heterocycles. The lowest BCUT2D eigenvalue weighted by atomic mass is 9.53. The minimum absolute atomic E-state index is 0.00780. The van der Waals surface area contributed by atoms with Gasteiger partial charge >= 0.3 is 0 Å². The monoisotopic (exact) mass is 323 g/mol. The summed E-state index contributed by atoms with van der Waals surface area (Å²) in [4.78, 5) is 14.6. The van der Waals surface area contributed by atoms with Gasteiger partial charge in [-0.2, -0.15) is 0 Å². The van der Waals surface area contributed by atoms with Gasteiger partial charge in [0.2, 0.25) is 0 Å². The lowest BCUT2D eigenvalue weighted by Crippen LogP contribution is -2.60. The standard InChI is InChI=1S/C17H22ClNO3/c1-16(21)5-6-17(16)7-9-19(10-8-17)15(20)13-4-3-12(18)11-14(13)22-2/h3-4,11,21H,5-10H2,1-2H3. The Hall–Kier alpha value is -1.26. The second-order valence-corrected chi connectivity index (χ2v) is 7.13. The highest BCUT2D eigenvalue weighted by Gasteiger charge is 2.55. The molecule has 1 aromatic rings. The Morgan fingerprint density at radius 2 is 1.95 bits per heavy atom. The molecular weight excluding hydrogens is 302 g/mol. The van der Waals surface area contributed by atoms with Crippen molar-refractivity contribution in [2.75, 3.05) is 20.2 Å². The maximum absolute atomic E-state index is 12.7. The molecule has 5 heteroatoms. The Morgan fingerprint density at radius 3 is 2.45 bits per heavy atom. The summed E-state index contributed by atoms with van der Waals surface area (Å²) in [5.41, 5.74) is -0.0169. The van der Waals surface area contributed by atoms with Crippen LogP contribution in [0, 0.1) is 5.41 Å². The molecule has 2 aliphatic rings. The van der Waals surface area contributed by atoms with Crippen molar-refractivity contribution >= 4 is 17.5 Å². The molecule has 1 spiro atoms. The van der Waals surface area contributed by atoms with Crippen LogP contribution >= 0.6 is 11.6 Å². The maximum Gasteiger partial charge on any atom is 0.257 e. The molecule has 1 saturated carbocycles. The number of hydrogen-bond acceptors (Lipinski definition) is 3. The topological polar surface area (TPSA) is 49.8 Å². The van der Waals surface area contributed by atoms with E-state index < -0.39 is 5.60 Å². The van der Waals surface area contributed by atoms with Crippen molar-refractivity contribution in [1.82, 2.24) is 4.90 Å². The molecule has 1 amide bonds. The minimum atomic E-state index is -0.569. The van der Waals surface area contributed by atoms with E-state index in [-0.39, 0.29) is 11.3 Å². The van der Waals surface area contributed by atoms with Gasteiger partial charge in [-0.25, -0.2) is 0 Å². The number of carbonyl (C=O) groups is 1. The number of hydrogen-bond donors (Lipinski definition) is 1. The SMILES string of the molecule is COc1cc(Cl)ccc1C(=O)N1CCC2(CC1)CCC2(C)O. The number of likely N-dealkylation sites (tertiary alicyclic amines) is 1. The number of nitrogens with zero attached hydrogens (tertiary/aromatic N) is 1. The summed E-state index contributed by atoms with van der Waals surface area (Å²) in [5, 5.41) is 11.0. The van der Waals surface area contributed by atoms with Crippen molar-refractivity contribution in [2.45, 2.75) is 38.2 Å². The number of aliphatic hydroxyl groups is 1. The summed E-state index contributed by atoms with van der Waals surface area (Å²) < 4.78 is 5.27. The first kappa shape index (κ1) is 15.6. The first-order valence-electron chi connectivity index (χ1n) is 7.74. The second-order valence-electron chi connectivity index (χ2n) is 6.69. The largest absolute Gasteiger partial charge is 0.496 e. The van der Waals surface area contributed by atoms with Crippen LogP contribution in [-0.2, 0) is 0 Å². The first-order valence-corrected chi connectivity index (χ1v) is 8.12. The van der Waals surface area contributed by atoms with Crippen molar-refractivity contribution in [3.05, 3.63) is 28.8 Å². The third-order valence-electron chi connectivity index (χ3n) is 5.63. The first-order chi connectivity index (χ1) is 10.4. The van der Waals surface area contributed by atoms with Gasteiger partial charge in [0.1, 0.15) is 5.75 Å². The summed E-state index contributed by atoms with van der Waals surface area (Å²) in [6.45, 7) is 3.29. The molecule has 1 N–H and O–H groups in total. The Balaban J connectivity index is 1.73. The predicted molar refractivity (Wildman–Crippen MR) is 85.4 cm³/mol. The Labute approximate surface area is 136 Å². The highest BCUT2D eigenvalue weighted by atomic mass is 35.5. The van der Waals surface area contributed by atoms with E-state index in [1.54, 1.807) is 25.3 Å². The van der Waals surface area contributed by atoms with Crippen molar-refractivity contribution in [3.8, 4) is 5.75 Å². The number of halogens is 1. The Morgan fingerprint density at radius 1 is 1.27 bits per heavy atom. The molecule has 0 aromatic heterocycles. The molecule has 1 unspecified atom stereocenters. The second kappa shape index (κ2) is 5.43. The van der Waals surface area contributed by atoms with Gasteiger partial charge in [0.15, 0.2) is 0 Å². The number of rotatable bonds is 2. The third-order valence-corrected chi connectivity index (χ3v) is 5.87. The molecule has 0 bridgehead atoms. The molecule has 1 aliphatic heterocycles. The van der Waals surface area contributed by atoms with E-state index in [9.17, 15) is 9.90 Å². The van der Waals surface area contributed by atoms with Crippen LogP contribution in [-0.4, -0.2) is 41.7 Å². The van der Waals surface area contributed by atoms with Gasteiger partial charge < -0.3 is 14.7 Å². The summed E-state index contributed by atoms with van der Waals surface area (Å²) in [6.07, 6.45) is 3.65. The van der Waals surface area contributed by atoms with Gasteiger partial charge in [0.05, 0.1) is 18.3 Å². The molecule has 3 rings (SSSR count). The van der Waals surface area contributed by atoms with E-state index in [1.165, 1.54) is 0 Å². The van der Waals surface area contributed by atoms with E-state index in [0.29, 0.717) is 29.4 Å². The van der Waals surface area contributed by atoms with Crippen molar-refractivity contribution in [1.29, 1.82) is 0 Å². The number of methoxy groups -OCH3 is 1. The zero-order valence-electron chi connectivity index (χ0n) is 13.1. The van der Waals surface area contributed by atoms with E-state index in [4.69, 9.17) is 16.3 Å². The van der Waals surface area contributed by atoms with Gasteiger partial charge in [0, 0.05) is 23.5 Å². The summed E-state index contributed by atoms with van der Waals surface area (Å²) in [7, 11) is 1.54. The normalized spacial score (nSPS) is 26.6. The van der Waals surface area contributed by atoms with Crippen LogP contribution in [0.2, 0.25) is 5.02 Å². The average Bonchev–Trinajstić information content (AvgIpc) is 2.53. The van der Waals surface area contributed by atoms with E-state index in [2.05, 4.69) is 0 Å². The van der Waals surface area contributed by atoms with Crippen molar-refractivity contribution in [3.63, 3.8) is 0 Å². The van der Waals surface area contributed by atoms with Crippen molar-refractivity contribution < 1.29 is 14.6 Å². The summed E-state index contributed by atoms with van der Waals surface area (Å²) in [5.74, 6) is 0.482. The lowest BCUT2D eigenvalue weighted by Gasteiger charge is -2.58.